The molecule has 0 spiro atoms. The maximum absolute atomic E-state index is 13.4. The van der Waals surface area contributed by atoms with E-state index in [1.165, 1.54) is 0 Å². The second kappa shape index (κ2) is 17.4. The number of alkyl halides is 18. The molecule has 0 bridgehead atoms. The second-order valence-electron chi connectivity index (χ2n) is 9.00. The SMILES string of the molecule is O=C(CC(C(=O)OCCOCCC(F)(F)C(F)(F)C(F)(F)C(F)(F)F)S(=O)(=O)[O-])OCCOCCC(F)(F)C(F)(F)C(F)(F)C(F)(F)F.[Na+]. The first-order chi connectivity index (χ1) is 21.1. The van der Waals surface area contributed by atoms with Crippen molar-refractivity contribution in [3.63, 3.8) is 0 Å². The Bertz CT molecular complexity index is 1190. The van der Waals surface area contributed by atoms with Crippen molar-refractivity contribution in [1.82, 2.24) is 0 Å². The summed E-state index contributed by atoms with van der Waals surface area (Å²) >= 11 is 0. The van der Waals surface area contributed by atoms with Crippen LogP contribution in [0.3, 0.4) is 0 Å². The van der Waals surface area contributed by atoms with Gasteiger partial charge in [-0.25, -0.2) is 8.42 Å². The Kier molecular flexibility index (Phi) is 17.6. The predicted octanol–water partition coefficient (Wildman–Crippen LogP) is 2.13. The van der Waals surface area contributed by atoms with Gasteiger partial charge in [0.1, 0.15) is 23.3 Å². The van der Waals surface area contributed by atoms with Gasteiger partial charge in [-0.3, -0.25) is 9.59 Å². The molecular formula is C20H19F18NaO9S. The van der Waals surface area contributed by atoms with Crippen molar-refractivity contribution in [3.8, 4) is 0 Å². The maximum Gasteiger partial charge on any atom is 1.00 e. The average Bonchev–Trinajstić information content (AvgIpc) is 2.88. The molecule has 0 aromatic rings. The summed E-state index contributed by atoms with van der Waals surface area (Å²) in [5, 5.41) is -2.95. The third kappa shape index (κ3) is 12.3. The number of carbonyl (C=O) groups excluding carboxylic acids is 2. The molecule has 0 rings (SSSR count). The minimum atomic E-state index is -7.17. The Morgan fingerprint density at radius 2 is 0.857 bits per heavy atom. The van der Waals surface area contributed by atoms with Crippen molar-refractivity contribution in [2.75, 3.05) is 39.6 Å². The van der Waals surface area contributed by atoms with E-state index in [1.807, 2.05) is 0 Å². The van der Waals surface area contributed by atoms with Crippen LogP contribution in [0.1, 0.15) is 19.3 Å². The molecule has 0 fully saturated rings. The zero-order valence-corrected chi connectivity index (χ0v) is 26.6. The van der Waals surface area contributed by atoms with Crippen LogP contribution >= 0.6 is 0 Å². The number of carbonyl (C=O) groups is 2. The van der Waals surface area contributed by atoms with Crippen molar-refractivity contribution < 1.29 is 150 Å². The van der Waals surface area contributed by atoms with Crippen LogP contribution in [0, 0.1) is 0 Å². The average molecular weight is 800 g/mol. The van der Waals surface area contributed by atoms with E-state index in [1.54, 1.807) is 0 Å². The fourth-order valence-corrected chi connectivity index (χ4v) is 3.40. The molecule has 29 heteroatoms. The molecule has 0 aliphatic heterocycles. The van der Waals surface area contributed by atoms with Crippen LogP contribution in [-0.4, -0.2) is 118 Å². The fourth-order valence-electron chi connectivity index (χ4n) is 2.76. The molecule has 9 nitrogen and oxygen atoms in total. The number of hydrogen-bond acceptors (Lipinski definition) is 9. The smallest absolute Gasteiger partial charge is 0.747 e. The zero-order chi connectivity index (χ0) is 38.4. The Balaban J connectivity index is 0. The van der Waals surface area contributed by atoms with Gasteiger partial charge in [0.2, 0.25) is 0 Å². The van der Waals surface area contributed by atoms with Gasteiger partial charge in [-0.05, 0) is 0 Å². The van der Waals surface area contributed by atoms with Crippen molar-refractivity contribution in [2.24, 2.45) is 0 Å². The van der Waals surface area contributed by atoms with Gasteiger partial charge >= 0.3 is 89.4 Å². The minimum Gasteiger partial charge on any atom is -0.747 e. The Morgan fingerprint density at radius 1 is 0.531 bits per heavy atom. The first-order valence-corrected chi connectivity index (χ1v) is 13.4. The van der Waals surface area contributed by atoms with E-state index in [2.05, 4.69) is 18.9 Å². The molecule has 1 atom stereocenters. The van der Waals surface area contributed by atoms with E-state index in [-0.39, 0.29) is 29.6 Å². The summed E-state index contributed by atoms with van der Waals surface area (Å²) in [5.41, 5.74) is 0. The molecule has 0 aliphatic carbocycles. The van der Waals surface area contributed by atoms with Gasteiger partial charge in [-0.1, -0.05) is 0 Å². The van der Waals surface area contributed by atoms with E-state index in [9.17, 15) is 102 Å². The molecular weight excluding hydrogens is 781 g/mol. The molecule has 0 aromatic heterocycles. The van der Waals surface area contributed by atoms with Crippen LogP contribution < -0.4 is 29.6 Å². The Labute approximate surface area is 283 Å². The van der Waals surface area contributed by atoms with Crippen molar-refractivity contribution in [1.29, 1.82) is 0 Å². The molecule has 49 heavy (non-hydrogen) atoms. The largest absolute Gasteiger partial charge is 1.00 e. The van der Waals surface area contributed by atoms with Gasteiger partial charge in [0, 0.05) is 12.8 Å². The summed E-state index contributed by atoms with van der Waals surface area (Å²) in [5.74, 6) is -44.1. The van der Waals surface area contributed by atoms with E-state index in [0.29, 0.717) is 0 Å². The number of halogens is 18. The molecule has 0 heterocycles. The van der Waals surface area contributed by atoms with E-state index < -0.39 is 134 Å². The monoisotopic (exact) mass is 800 g/mol. The van der Waals surface area contributed by atoms with Crippen molar-refractivity contribution in [2.45, 2.75) is 72.4 Å². The minimum absolute atomic E-state index is 0. The number of esters is 2. The second-order valence-corrected chi connectivity index (χ2v) is 10.6. The van der Waals surface area contributed by atoms with Crippen LogP contribution in [0.2, 0.25) is 0 Å². The molecule has 286 valence electrons. The van der Waals surface area contributed by atoms with E-state index in [0.717, 1.165) is 0 Å². The Morgan fingerprint density at radius 3 is 1.16 bits per heavy atom. The molecule has 0 N–H and O–H groups in total. The molecule has 0 amide bonds. The fraction of sp³-hybridized carbons (Fsp3) is 0.900. The molecule has 0 aliphatic rings. The summed E-state index contributed by atoms with van der Waals surface area (Å²) in [6.45, 7) is -7.90. The summed E-state index contributed by atoms with van der Waals surface area (Å²) in [7, 11) is -5.80. The molecule has 0 saturated heterocycles. The standard InChI is InChI=1S/C20H20F18O9S.Na/c21-13(22,15(25,26)17(29,30)19(33,34)35)1-3-44-5-7-46-11(39)9-10(48(41,42)43)12(40)47-8-6-45-4-2-14(23,24)16(27,28)18(31,32)20(36,37)38;/h10H,1-9H2,(H,41,42,43);/q;+1/p-1. The number of rotatable bonds is 20. The Hall–Kier alpha value is -1.49. The van der Waals surface area contributed by atoms with Crippen LogP contribution in [0.5, 0.6) is 0 Å². The molecule has 0 aromatic carbocycles. The topological polar surface area (TPSA) is 128 Å². The van der Waals surface area contributed by atoms with Crippen LogP contribution in [0.4, 0.5) is 79.0 Å². The van der Waals surface area contributed by atoms with E-state index in [4.69, 9.17) is 0 Å². The summed E-state index contributed by atoms with van der Waals surface area (Å²) in [4.78, 5) is 23.5. The first-order valence-electron chi connectivity index (χ1n) is 11.9. The van der Waals surface area contributed by atoms with Gasteiger partial charge in [0.25, 0.3) is 0 Å². The zero-order valence-electron chi connectivity index (χ0n) is 23.8. The molecule has 0 radical (unpaired) electrons. The summed E-state index contributed by atoms with van der Waals surface area (Å²) in [6, 6.07) is 0. The van der Waals surface area contributed by atoms with Crippen molar-refractivity contribution >= 4 is 22.1 Å². The van der Waals surface area contributed by atoms with E-state index >= 15 is 0 Å². The van der Waals surface area contributed by atoms with Crippen LogP contribution in [-0.2, 0) is 38.7 Å². The predicted molar refractivity (Wildman–Crippen MR) is 113 cm³/mol. The van der Waals surface area contributed by atoms with Gasteiger partial charge in [0.15, 0.2) is 5.25 Å². The van der Waals surface area contributed by atoms with Crippen molar-refractivity contribution in [3.05, 3.63) is 0 Å². The number of hydrogen-bond donors (Lipinski definition) is 0. The van der Waals surface area contributed by atoms with Gasteiger partial charge in [0.05, 0.1) is 32.8 Å². The third-order valence-electron chi connectivity index (χ3n) is 5.47. The summed E-state index contributed by atoms with van der Waals surface area (Å²) in [6.07, 6.45) is -20.7. The van der Waals surface area contributed by atoms with Gasteiger partial charge in [-0.2, -0.15) is 79.0 Å². The van der Waals surface area contributed by atoms with Crippen LogP contribution in [0.25, 0.3) is 0 Å². The maximum atomic E-state index is 13.4. The quantitative estimate of drug-likeness (QED) is 0.0599. The number of ether oxygens (including phenoxy) is 4. The van der Waals surface area contributed by atoms with Crippen LogP contribution in [0.15, 0.2) is 0 Å². The van der Waals surface area contributed by atoms with Gasteiger partial charge < -0.3 is 23.5 Å². The third-order valence-corrected chi connectivity index (χ3v) is 6.52. The molecule has 0 saturated carbocycles. The van der Waals surface area contributed by atoms with Gasteiger partial charge in [-0.15, -0.1) is 0 Å². The normalized spacial score (nSPS) is 15.0. The first kappa shape index (κ1) is 49.6. The summed E-state index contributed by atoms with van der Waals surface area (Å²) < 4.78 is 280. The molecule has 1 unspecified atom stereocenters.